The van der Waals surface area contributed by atoms with Crippen molar-refractivity contribution < 1.29 is 0 Å². The zero-order chi connectivity index (χ0) is 12.4. The van der Waals surface area contributed by atoms with Gasteiger partial charge in [-0.15, -0.1) is 0 Å². The predicted molar refractivity (Wildman–Crippen MR) is 75.3 cm³/mol. The van der Waals surface area contributed by atoms with Crippen LogP contribution in [0.5, 0.6) is 0 Å². The van der Waals surface area contributed by atoms with Gasteiger partial charge in [0, 0.05) is 19.6 Å². The van der Waals surface area contributed by atoms with Crippen LogP contribution in [0.3, 0.4) is 0 Å². The Labute approximate surface area is 110 Å². The quantitative estimate of drug-likeness (QED) is 0.860. The number of fused-ring (bicyclic) bond motifs is 1. The number of hydrogen-bond donors (Lipinski definition) is 1. The van der Waals surface area contributed by atoms with Gasteiger partial charge in [0.2, 0.25) is 0 Å². The first kappa shape index (κ1) is 12.2. The van der Waals surface area contributed by atoms with Gasteiger partial charge >= 0.3 is 0 Å². The SMILES string of the molecule is CC1CCCN(Cc2ccc3c(c2)CNC3)CC1. The summed E-state index contributed by atoms with van der Waals surface area (Å²) in [4.78, 5) is 2.63. The summed E-state index contributed by atoms with van der Waals surface area (Å²) in [5.74, 6) is 0.916. The maximum atomic E-state index is 3.42. The van der Waals surface area contributed by atoms with E-state index in [0.29, 0.717) is 0 Å². The summed E-state index contributed by atoms with van der Waals surface area (Å²) in [6.45, 7) is 8.19. The second-order valence-corrected chi connectivity index (χ2v) is 6.02. The molecule has 0 spiro atoms. The number of rotatable bonds is 2. The minimum absolute atomic E-state index is 0.916. The van der Waals surface area contributed by atoms with E-state index in [9.17, 15) is 0 Å². The van der Waals surface area contributed by atoms with Gasteiger partial charge in [-0.3, -0.25) is 4.90 Å². The fraction of sp³-hybridized carbons (Fsp3) is 0.625. The predicted octanol–water partition coefficient (Wildman–Crippen LogP) is 2.91. The Bertz CT molecular complexity index is 414. The van der Waals surface area contributed by atoms with Gasteiger partial charge < -0.3 is 5.32 Å². The number of likely N-dealkylation sites (tertiary alicyclic amines) is 1. The number of benzene rings is 1. The van der Waals surface area contributed by atoms with Crippen molar-refractivity contribution in [2.24, 2.45) is 5.92 Å². The van der Waals surface area contributed by atoms with Crippen LogP contribution in [0, 0.1) is 5.92 Å². The third kappa shape index (κ3) is 2.76. The van der Waals surface area contributed by atoms with E-state index in [-0.39, 0.29) is 0 Å². The summed E-state index contributed by atoms with van der Waals surface area (Å²) in [6, 6.07) is 7.04. The van der Waals surface area contributed by atoms with E-state index >= 15 is 0 Å². The summed E-state index contributed by atoms with van der Waals surface area (Å²) >= 11 is 0. The van der Waals surface area contributed by atoms with Crippen LogP contribution >= 0.6 is 0 Å². The Kier molecular flexibility index (Phi) is 3.67. The molecule has 2 nitrogen and oxygen atoms in total. The monoisotopic (exact) mass is 244 g/mol. The Hall–Kier alpha value is -0.860. The van der Waals surface area contributed by atoms with Crippen LogP contribution in [-0.4, -0.2) is 18.0 Å². The molecule has 0 bridgehead atoms. The summed E-state index contributed by atoms with van der Waals surface area (Å²) in [5.41, 5.74) is 4.49. The van der Waals surface area contributed by atoms with Crippen molar-refractivity contribution in [2.45, 2.75) is 45.8 Å². The van der Waals surface area contributed by atoms with E-state index in [1.54, 1.807) is 0 Å². The zero-order valence-electron chi connectivity index (χ0n) is 11.4. The molecule has 1 N–H and O–H groups in total. The molecule has 1 aromatic carbocycles. The number of hydrogen-bond acceptors (Lipinski definition) is 2. The van der Waals surface area contributed by atoms with Crippen molar-refractivity contribution in [2.75, 3.05) is 13.1 Å². The molecule has 0 aliphatic carbocycles. The summed E-state index contributed by atoms with van der Waals surface area (Å²) in [5, 5.41) is 3.42. The highest BCUT2D eigenvalue weighted by Crippen LogP contribution is 2.21. The fourth-order valence-electron chi connectivity index (χ4n) is 3.19. The molecule has 0 radical (unpaired) electrons. The molecule has 0 amide bonds. The van der Waals surface area contributed by atoms with Crippen molar-refractivity contribution in [3.8, 4) is 0 Å². The lowest BCUT2D eigenvalue weighted by Gasteiger charge is -2.20. The summed E-state index contributed by atoms with van der Waals surface area (Å²) < 4.78 is 0. The molecular formula is C16H24N2. The molecule has 1 atom stereocenters. The van der Waals surface area contributed by atoms with Crippen molar-refractivity contribution in [3.63, 3.8) is 0 Å². The molecule has 2 heterocycles. The first-order valence-corrected chi connectivity index (χ1v) is 7.35. The molecule has 1 unspecified atom stereocenters. The van der Waals surface area contributed by atoms with E-state index in [1.807, 2.05) is 0 Å². The normalized spacial score (nSPS) is 24.8. The minimum atomic E-state index is 0.916. The fourth-order valence-corrected chi connectivity index (χ4v) is 3.19. The van der Waals surface area contributed by atoms with Gasteiger partial charge in [0.15, 0.2) is 0 Å². The zero-order valence-corrected chi connectivity index (χ0v) is 11.4. The second-order valence-electron chi connectivity index (χ2n) is 6.02. The molecule has 2 heteroatoms. The smallest absolute Gasteiger partial charge is 0.0233 e. The van der Waals surface area contributed by atoms with Crippen LogP contribution in [0.25, 0.3) is 0 Å². The third-order valence-electron chi connectivity index (χ3n) is 4.42. The van der Waals surface area contributed by atoms with Crippen molar-refractivity contribution >= 4 is 0 Å². The highest BCUT2D eigenvalue weighted by Gasteiger charge is 2.15. The molecule has 2 aliphatic rings. The molecule has 1 saturated heterocycles. The van der Waals surface area contributed by atoms with Crippen molar-refractivity contribution in [3.05, 3.63) is 34.9 Å². The van der Waals surface area contributed by atoms with Crippen molar-refractivity contribution in [1.82, 2.24) is 10.2 Å². The van der Waals surface area contributed by atoms with Gasteiger partial charge in [0.05, 0.1) is 0 Å². The van der Waals surface area contributed by atoms with Gasteiger partial charge in [-0.05, 0) is 55.0 Å². The second kappa shape index (κ2) is 5.41. The average molecular weight is 244 g/mol. The highest BCUT2D eigenvalue weighted by molar-refractivity contribution is 5.34. The van der Waals surface area contributed by atoms with Crippen LogP contribution in [0.1, 0.15) is 42.9 Å². The van der Waals surface area contributed by atoms with Gasteiger partial charge in [-0.1, -0.05) is 25.1 Å². The van der Waals surface area contributed by atoms with Crippen LogP contribution in [0.2, 0.25) is 0 Å². The maximum absolute atomic E-state index is 3.42. The Morgan fingerprint density at radius 1 is 1.17 bits per heavy atom. The summed E-state index contributed by atoms with van der Waals surface area (Å²) in [7, 11) is 0. The standard InChI is InChI=1S/C16H24N2/c1-13-3-2-7-18(8-6-13)12-14-4-5-15-10-17-11-16(15)9-14/h4-5,9,13,17H,2-3,6-8,10-12H2,1H3. The lowest BCUT2D eigenvalue weighted by atomic mass is 10.0. The largest absolute Gasteiger partial charge is 0.309 e. The molecule has 0 aromatic heterocycles. The Balaban J connectivity index is 1.65. The van der Waals surface area contributed by atoms with Crippen LogP contribution < -0.4 is 5.32 Å². The molecule has 2 aliphatic heterocycles. The van der Waals surface area contributed by atoms with E-state index in [2.05, 4.69) is 35.3 Å². The van der Waals surface area contributed by atoms with Crippen LogP contribution in [0.15, 0.2) is 18.2 Å². The molecular weight excluding hydrogens is 220 g/mol. The lowest BCUT2D eigenvalue weighted by molar-refractivity contribution is 0.273. The number of nitrogens with one attached hydrogen (secondary N) is 1. The molecule has 18 heavy (non-hydrogen) atoms. The first-order chi connectivity index (χ1) is 8.81. The highest BCUT2D eigenvalue weighted by atomic mass is 15.1. The topological polar surface area (TPSA) is 15.3 Å². The molecule has 0 saturated carbocycles. The van der Waals surface area contributed by atoms with E-state index in [4.69, 9.17) is 0 Å². The Morgan fingerprint density at radius 2 is 2.06 bits per heavy atom. The molecule has 98 valence electrons. The Morgan fingerprint density at radius 3 is 3.00 bits per heavy atom. The van der Waals surface area contributed by atoms with E-state index in [1.165, 1.54) is 49.0 Å². The van der Waals surface area contributed by atoms with Crippen LogP contribution in [0.4, 0.5) is 0 Å². The maximum Gasteiger partial charge on any atom is 0.0233 e. The van der Waals surface area contributed by atoms with E-state index < -0.39 is 0 Å². The molecule has 1 fully saturated rings. The van der Waals surface area contributed by atoms with Gasteiger partial charge in [0.1, 0.15) is 0 Å². The average Bonchev–Trinajstić information content (AvgIpc) is 2.74. The van der Waals surface area contributed by atoms with Crippen LogP contribution in [-0.2, 0) is 19.6 Å². The van der Waals surface area contributed by atoms with E-state index in [0.717, 1.165) is 25.6 Å². The first-order valence-electron chi connectivity index (χ1n) is 7.35. The third-order valence-corrected chi connectivity index (χ3v) is 4.42. The number of nitrogens with zero attached hydrogens (tertiary/aromatic N) is 1. The lowest BCUT2D eigenvalue weighted by Crippen LogP contribution is -2.24. The van der Waals surface area contributed by atoms with Gasteiger partial charge in [-0.2, -0.15) is 0 Å². The van der Waals surface area contributed by atoms with Gasteiger partial charge in [-0.25, -0.2) is 0 Å². The molecule has 3 rings (SSSR count). The minimum Gasteiger partial charge on any atom is -0.309 e. The summed E-state index contributed by atoms with van der Waals surface area (Å²) in [6.07, 6.45) is 4.14. The van der Waals surface area contributed by atoms with Crippen molar-refractivity contribution in [1.29, 1.82) is 0 Å². The molecule has 1 aromatic rings. The van der Waals surface area contributed by atoms with Gasteiger partial charge in [0.25, 0.3) is 0 Å².